The Morgan fingerprint density at radius 2 is 1.95 bits per heavy atom. The summed E-state index contributed by atoms with van der Waals surface area (Å²) in [4.78, 5) is 14.7. The Kier molecular flexibility index (Phi) is 5.85. The van der Waals surface area contributed by atoms with E-state index in [1.54, 1.807) is 0 Å². The maximum Gasteiger partial charge on any atom is 0.223 e. The van der Waals surface area contributed by atoms with Crippen molar-refractivity contribution < 1.29 is 9.90 Å². The van der Waals surface area contributed by atoms with Gasteiger partial charge in [-0.05, 0) is 50.5 Å². The zero-order valence-electron chi connectivity index (χ0n) is 12.6. The molecule has 2 fully saturated rings. The Morgan fingerprint density at radius 3 is 2.60 bits per heavy atom. The van der Waals surface area contributed by atoms with E-state index in [1.807, 2.05) is 4.90 Å². The van der Waals surface area contributed by atoms with Crippen LogP contribution in [0.5, 0.6) is 0 Å². The van der Waals surface area contributed by atoms with Crippen molar-refractivity contribution in [2.75, 3.05) is 19.7 Å². The number of likely N-dealkylation sites (tertiary alicyclic amines) is 1. The first-order valence-corrected chi connectivity index (χ1v) is 8.31. The number of carbonyl (C=O) groups excluding carboxylic acids is 1. The standard InChI is InChI=1S/C16H30N2O2/c17-13-16(8-3-1-4-9-16)12-15(20)18-10-5-2-6-14(18)7-11-19/h14,19H,1-13,17H2. The summed E-state index contributed by atoms with van der Waals surface area (Å²) < 4.78 is 0. The highest BCUT2D eigenvalue weighted by atomic mass is 16.3. The molecule has 1 aliphatic carbocycles. The van der Waals surface area contributed by atoms with E-state index in [-0.39, 0.29) is 24.0 Å². The first kappa shape index (κ1) is 15.8. The van der Waals surface area contributed by atoms with Crippen LogP contribution in [0.1, 0.15) is 64.2 Å². The van der Waals surface area contributed by atoms with Crippen LogP contribution in [-0.4, -0.2) is 41.7 Å². The van der Waals surface area contributed by atoms with Crippen molar-refractivity contribution in [1.82, 2.24) is 4.90 Å². The average Bonchev–Trinajstić information content (AvgIpc) is 2.49. The number of nitrogens with two attached hydrogens (primary N) is 1. The van der Waals surface area contributed by atoms with Gasteiger partial charge in [0.1, 0.15) is 0 Å². The van der Waals surface area contributed by atoms with E-state index in [0.29, 0.717) is 13.0 Å². The van der Waals surface area contributed by atoms with Crippen molar-refractivity contribution in [2.45, 2.75) is 70.3 Å². The van der Waals surface area contributed by atoms with Crippen molar-refractivity contribution in [3.8, 4) is 0 Å². The molecule has 1 saturated carbocycles. The summed E-state index contributed by atoms with van der Waals surface area (Å²) in [5.41, 5.74) is 6.05. The zero-order valence-corrected chi connectivity index (χ0v) is 12.6. The van der Waals surface area contributed by atoms with Crippen LogP contribution in [-0.2, 0) is 4.79 Å². The molecule has 1 aliphatic heterocycles. The van der Waals surface area contributed by atoms with Gasteiger partial charge < -0.3 is 15.7 Å². The van der Waals surface area contributed by atoms with E-state index in [2.05, 4.69) is 0 Å². The molecule has 0 aromatic heterocycles. The second-order valence-electron chi connectivity index (χ2n) is 6.69. The van der Waals surface area contributed by atoms with Gasteiger partial charge in [0, 0.05) is 25.6 Å². The lowest BCUT2D eigenvalue weighted by Gasteiger charge is -2.41. The molecule has 0 bridgehead atoms. The lowest BCUT2D eigenvalue weighted by molar-refractivity contribution is -0.138. The number of hydrogen-bond donors (Lipinski definition) is 2. The first-order chi connectivity index (χ1) is 9.71. The quantitative estimate of drug-likeness (QED) is 0.811. The summed E-state index contributed by atoms with van der Waals surface area (Å²) in [6, 6.07) is 0.250. The summed E-state index contributed by atoms with van der Waals surface area (Å²) in [5, 5.41) is 9.18. The van der Waals surface area contributed by atoms with Crippen LogP contribution in [0.3, 0.4) is 0 Å². The van der Waals surface area contributed by atoms with Gasteiger partial charge in [0.25, 0.3) is 0 Å². The minimum Gasteiger partial charge on any atom is -0.396 e. The van der Waals surface area contributed by atoms with Gasteiger partial charge in [-0.1, -0.05) is 19.3 Å². The fourth-order valence-corrected chi connectivity index (χ4v) is 3.96. The number of nitrogens with zero attached hydrogens (tertiary/aromatic N) is 1. The van der Waals surface area contributed by atoms with Gasteiger partial charge in [-0.25, -0.2) is 0 Å². The number of aliphatic hydroxyl groups is 1. The molecule has 20 heavy (non-hydrogen) atoms. The van der Waals surface area contributed by atoms with Crippen LogP contribution < -0.4 is 5.73 Å². The third-order valence-electron chi connectivity index (χ3n) is 5.28. The number of amides is 1. The zero-order chi connectivity index (χ0) is 14.4. The molecular formula is C16H30N2O2. The fraction of sp³-hybridized carbons (Fsp3) is 0.938. The molecule has 0 aromatic carbocycles. The van der Waals surface area contributed by atoms with Crippen LogP contribution in [0.25, 0.3) is 0 Å². The molecule has 1 unspecified atom stereocenters. The number of piperidine rings is 1. The fourth-order valence-electron chi connectivity index (χ4n) is 3.96. The smallest absolute Gasteiger partial charge is 0.223 e. The molecule has 1 saturated heterocycles. The molecular weight excluding hydrogens is 252 g/mol. The van der Waals surface area contributed by atoms with E-state index in [0.717, 1.165) is 38.6 Å². The van der Waals surface area contributed by atoms with E-state index in [4.69, 9.17) is 5.73 Å². The molecule has 4 heteroatoms. The molecule has 1 amide bonds. The highest BCUT2D eigenvalue weighted by Crippen LogP contribution is 2.39. The lowest BCUT2D eigenvalue weighted by Crippen LogP contribution is -2.47. The van der Waals surface area contributed by atoms with Gasteiger partial charge in [-0.15, -0.1) is 0 Å². The summed E-state index contributed by atoms with van der Waals surface area (Å²) in [7, 11) is 0. The Hall–Kier alpha value is -0.610. The highest BCUT2D eigenvalue weighted by Gasteiger charge is 2.36. The van der Waals surface area contributed by atoms with Gasteiger partial charge in [0.2, 0.25) is 5.91 Å². The number of aliphatic hydroxyl groups excluding tert-OH is 1. The monoisotopic (exact) mass is 282 g/mol. The molecule has 116 valence electrons. The predicted octanol–water partition coefficient (Wildman–Crippen LogP) is 2.05. The summed E-state index contributed by atoms with van der Waals surface area (Å²) in [6.07, 6.45) is 10.6. The van der Waals surface area contributed by atoms with Crippen LogP contribution in [0.2, 0.25) is 0 Å². The normalized spacial score (nSPS) is 26.5. The van der Waals surface area contributed by atoms with Gasteiger partial charge in [-0.3, -0.25) is 4.79 Å². The first-order valence-electron chi connectivity index (χ1n) is 8.31. The maximum atomic E-state index is 12.7. The van der Waals surface area contributed by atoms with Crippen molar-refractivity contribution >= 4 is 5.91 Å². The van der Waals surface area contributed by atoms with Crippen molar-refractivity contribution in [1.29, 1.82) is 0 Å². The third-order valence-corrected chi connectivity index (χ3v) is 5.28. The second-order valence-corrected chi connectivity index (χ2v) is 6.69. The number of rotatable bonds is 5. The summed E-state index contributed by atoms with van der Waals surface area (Å²) >= 11 is 0. The molecule has 1 heterocycles. The molecule has 4 nitrogen and oxygen atoms in total. The molecule has 0 spiro atoms. The maximum absolute atomic E-state index is 12.7. The highest BCUT2D eigenvalue weighted by molar-refractivity contribution is 5.77. The molecule has 2 rings (SSSR count). The molecule has 1 atom stereocenters. The topological polar surface area (TPSA) is 66.6 Å². The Bertz CT molecular complexity index is 312. The van der Waals surface area contributed by atoms with E-state index < -0.39 is 0 Å². The van der Waals surface area contributed by atoms with Crippen molar-refractivity contribution in [3.63, 3.8) is 0 Å². The van der Waals surface area contributed by atoms with Crippen LogP contribution >= 0.6 is 0 Å². The van der Waals surface area contributed by atoms with Gasteiger partial charge in [0.15, 0.2) is 0 Å². The van der Waals surface area contributed by atoms with Gasteiger partial charge in [-0.2, -0.15) is 0 Å². The van der Waals surface area contributed by atoms with E-state index >= 15 is 0 Å². The van der Waals surface area contributed by atoms with Crippen molar-refractivity contribution in [2.24, 2.45) is 11.1 Å². The third kappa shape index (κ3) is 3.73. The SMILES string of the molecule is NCC1(CC(=O)N2CCCCC2CCO)CCCCC1. The Morgan fingerprint density at radius 1 is 1.20 bits per heavy atom. The Labute approximate surface area is 122 Å². The number of hydrogen-bond acceptors (Lipinski definition) is 3. The minimum atomic E-state index is 0.0521. The van der Waals surface area contributed by atoms with Gasteiger partial charge >= 0.3 is 0 Å². The predicted molar refractivity (Wildman–Crippen MR) is 80.2 cm³/mol. The summed E-state index contributed by atoms with van der Waals surface area (Å²) in [6.45, 7) is 1.68. The van der Waals surface area contributed by atoms with E-state index in [1.165, 1.54) is 25.7 Å². The molecule has 0 radical (unpaired) electrons. The van der Waals surface area contributed by atoms with Crippen LogP contribution in [0.4, 0.5) is 0 Å². The number of carbonyl (C=O) groups is 1. The molecule has 2 aliphatic rings. The van der Waals surface area contributed by atoms with Crippen LogP contribution in [0.15, 0.2) is 0 Å². The average molecular weight is 282 g/mol. The largest absolute Gasteiger partial charge is 0.396 e. The molecule has 0 aromatic rings. The Balaban J connectivity index is 1.97. The van der Waals surface area contributed by atoms with E-state index in [9.17, 15) is 9.90 Å². The lowest BCUT2D eigenvalue weighted by atomic mass is 9.71. The van der Waals surface area contributed by atoms with Crippen LogP contribution in [0, 0.1) is 5.41 Å². The van der Waals surface area contributed by atoms with Gasteiger partial charge in [0.05, 0.1) is 0 Å². The second kappa shape index (κ2) is 7.41. The minimum absolute atomic E-state index is 0.0521. The van der Waals surface area contributed by atoms with Crippen molar-refractivity contribution in [3.05, 3.63) is 0 Å². The summed E-state index contributed by atoms with van der Waals surface area (Å²) in [5.74, 6) is 0.274. The molecule has 3 N–H and O–H groups in total.